The van der Waals surface area contributed by atoms with Gasteiger partial charge in [-0.3, -0.25) is 18.6 Å². The maximum Gasteiger partial charge on any atom is 0.472 e. The Bertz CT molecular complexity index is 1340. The van der Waals surface area contributed by atoms with Crippen LogP contribution in [0.2, 0.25) is 0 Å². The van der Waals surface area contributed by atoms with Crippen LogP contribution in [0.4, 0.5) is 0 Å². The molecule has 0 aromatic heterocycles. The van der Waals surface area contributed by atoms with Crippen molar-refractivity contribution in [2.24, 2.45) is 0 Å². The molecule has 11 heteroatoms. The van der Waals surface area contributed by atoms with Crippen LogP contribution in [0, 0.1) is 0 Å². The molecule has 1 N–H and O–H groups in total. The number of carbonyl (C=O) groups excluding carboxylic acids is 2. The van der Waals surface area contributed by atoms with Crippen LogP contribution >= 0.6 is 7.82 Å². The average Bonchev–Trinajstić information content (AvgIpc) is 3.94. The van der Waals surface area contributed by atoms with Gasteiger partial charge < -0.3 is 23.6 Å². The van der Waals surface area contributed by atoms with Crippen molar-refractivity contribution in [2.75, 3.05) is 47.5 Å². The first kappa shape index (κ1) is 54.2. The summed E-state index contributed by atoms with van der Waals surface area (Å²) >= 11 is 0. The van der Waals surface area contributed by atoms with Gasteiger partial charge in [-0.15, -0.1) is 0 Å². The summed E-state index contributed by atoms with van der Waals surface area (Å²) in [6, 6.07) is 0. The van der Waals surface area contributed by atoms with Gasteiger partial charge in [0.1, 0.15) is 19.8 Å². The number of ether oxygens (including phenoxy) is 3. The number of rotatable bonds is 38. The largest absolute Gasteiger partial charge is 0.472 e. The van der Waals surface area contributed by atoms with Crippen molar-refractivity contribution in [3.8, 4) is 0 Å². The number of carbonyl (C=O) groups is 2. The number of epoxide rings is 1. The molecule has 0 radical (unpaired) electrons. The smallest absolute Gasteiger partial charge is 0.462 e. The summed E-state index contributed by atoms with van der Waals surface area (Å²) in [7, 11) is 1.40. The molecule has 1 fully saturated rings. The van der Waals surface area contributed by atoms with Crippen molar-refractivity contribution in [3.63, 3.8) is 0 Å². The molecule has 1 rings (SSSR count). The third-order valence-electron chi connectivity index (χ3n) is 9.31. The van der Waals surface area contributed by atoms with Gasteiger partial charge in [-0.1, -0.05) is 125 Å². The zero-order chi connectivity index (χ0) is 43.3. The highest BCUT2D eigenvalue weighted by atomic mass is 31.2. The Labute approximate surface area is 358 Å². The average molecular weight is 847 g/mol. The lowest BCUT2D eigenvalue weighted by molar-refractivity contribution is -0.870. The summed E-state index contributed by atoms with van der Waals surface area (Å²) < 4.78 is 40.0. The Hall–Kier alpha value is -2.85. The van der Waals surface area contributed by atoms with Crippen molar-refractivity contribution in [1.82, 2.24) is 0 Å². The minimum atomic E-state index is -4.41. The van der Waals surface area contributed by atoms with Gasteiger partial charge in [-0.05, 0) is 89.9 Å². The highest BCUT2D eigenvalue weighted by molar-refractivity contribution is 7.47. The lowest BCUT2D eigenvalue weighted by Gasteiger charge is -2.24. The molecule has 0 aromatic rings. The minimum absolute atomic E-state index is 0.00930. The Balaban J connectivity index is 2.36. The van der Waals surface area contributed by atoms with E-state index < -0.39 is 32.5 Å². The van der Waals surface area contributed by atoms with Gasteiger partial charge in [0, 0.05) is 12.8 Å². The zero-order valence-electron chi connectivity index (χ0n) is 37.4. The van der Waals surface area contributed by atoms with Gasteiger partial charge in [0.25, 0.3) is 0 Å². The van der Waals surface area contributed by atoms with Crippen molar-refractivity contribution >= 4 is 19.8 Å². The molecule has 1 saturated heterocycles. The molecule has 1 aliphatic heterocycles. The van der Waals surface area contributed by atoms with Gasteiger partial charge in [-0.2, -0.15) is 0 Å². The van der Waals surface area contributed by atoms with Crippen molar-refractivity contribution in [3.05, 3.63) is 85.1 Å². The normalized spacial score (nSPS) is 17.8. The van der Waals surface area contributed by atoms with Crippen molar-refractivity contribution in [2.45, 2.75) is 161 Å². The monoisotopic (exact) mass is 847 g/mol. The number of quaternary nitrogens is 1. The number of nitrogens with zero attached hydrogens (tertiary/aromatic N) is 1. The SMILES string of the molecule is CC/C=C\C/C=C\C/C=C\C/C=C\CCCCCCC(=O)OC[C@H](COP(=O)(O)OCC[N+](C)(C)C)OC(=O)CCC/C=C\CC1OC1C/C=C\C/C=C\CCCCC. The number of hydrogen-bond donors (Lipinski definition) is 1. The van der Waals surface area contributed by atoms with E-state index in [-0.39, 0.29) is 38.3 Å². The van der Waals surface area contributed by atoms with E-state index >= 15 is 0 Å². The lowest BCUT2D eigenvalue weighted by atomic mass is 10.1. The van der Waals surface area contributed by atoms with Crippen molar-refractivity contribution < 1.29 is 46.8 Å². The number of unbranched alkanes of at least 4 members (excludes halogenated alkanes) is 8. The van der Waals surface area contributed by atoms with Crippen LogP contribution in [-0.2, 0) is 37.4 Å². The molecule has 0 aliphatic carbocycles. The first-order valence-corrected chi connectivity index (χ1v) is 23.9. The molecular formula is C48H81NO9P+. The molecule has 0 spiro atoms. The number of esters is 2. The molecule has 4 atom stereocenters. The number of likely N-dealkylation sites (N-methyl/N-ethyl adjacent to an activating group) is 1. The Morgan fingerprint density at radius 1 is 0.627 bits per heavy atom. The van der Waals surface area contributed by atoms with Crippen LogP contribution in [0.15, 0.2) is 85.1 Å². The maximum atomic E-state index is 12.7. The molecule has 0 amide bonds. The van der Waals surface area contributed by atoms with Gasteiger partial charge in [0.15, 0.2) is 6.10 Å². The molecule has 0 aromatic carbocycles. The summed E-state index contributed by atoms with van der Waals surface area (Å²) in [5.41, 5.74) is 0. The van der Waals surface area contributed by atoms with E-state index in [4.69, 9.17) is 23.3 Å². The molecular weight excluding hydrogens is 765 g/mol. The second-order valence-electron chi connectivity index (χ2n) is 16.1. The minimum Gasteiger partial charge on any atom is -0.462 e. The van der Waals surface area contributed by atoms with Gasteiger partial charge in [0.05, 0.1) is 40.0 Å². The molecule has 1 heterocycles. The van der Waals surface area contributed by atoms with Gasteiger partial charge in [0.2, 0.25) is 0 Å². The summed E-state index contributed by atoms with van der Waals surface area (Å²) in [5, 5.41) is 0. The molecule has 1 aliphatic rings. The third-order valence-corrected chi connectivity index (χ3v) is 10.3. The van der Waals surface area contributed by atoms with Crippen LogP contribution in [0.3, 0.4) is 0 Å². The number of phosphoric acid groups is 1. The topological polar surface area (TPSA) is 121 Å². The lowest BCUT2D eigenvalue weighted by Crippen LogP contribution is -2.37. The molecule has 3 unspecified atom stereocenters. The predicted molar refractivity (Wildman–Crippen MR) is 242 cm³/mol. The highest BCUT2D eigenvalue weighted by Gasteiger charge is 2.36. The Kier molecular flexibility index (Phi) is 32.9. The molecule has 336 valence electrons. The summed E-state index contributed by atoms with van der Waals surface area (Å²) in [4.78, 5) is 35.4. The summed E-state index contributed by atoms with van der Waals surface area (Å²) in [5.74, 6) is -0.909. The third kappa shape index (κ3) is 36.7. The first-order chi connectivity index (χ1) is 28.5. The van der Waals surface area contributed by atoms with Crippen LogP contribution in [0.25, 0.3) is 0 Å². The highest BCUT2D eigenvalue weighted by Crippen LogP contribution is 2.43. The fraction of sp³-hybridized carbons (Fsp3) is 0.667. The Morgan fingerprint density at radius 2 is 1.14 bits per heavy atom. The summed E-state index contributed by atoms with van der Waals surface area (Å²) in [6.45, 7) is 4.14. The van der Waals surface area contributed by atoms with Crippen LogP contribution in [0.1, 0.15) is 142 Å². The van der Waals surface area contributed by atoms with E-state index in [1.54, 1.807) is 0 Å². The number of phosphoric ester groups is 1. The van der Waals surface area contributed by atoms with E-state index in [1.807, 2.05) is 27.2 Å². The first-order valence-electron chi connectivity index (χ1n) is 22.4. The maximum absolute atomic E-state index is 12.7. The zero-order valence-corrected chi connectivity index (χ0v) is 38.3. The summed E-state index contributed by atoms with van der Waals surface area (Å²) in [6.07, 6.45) is 48.0. The fourth-order valence-electron chi connectivity index (χ4n) is 5.68. The molecule has 0 saturated carbocycles. The standard InChI is InChI=1S/C48H80NO9P/c1-6-8-10-12-14-16-17-18-19-20-21-22-23-25-27-29-34-38-47(50)54-42-44(43-56-59(52,53)55-41-40-49(3,4)5)57-48(51)39-35-31-30-33-37-46-45(58-46)36-32-28-26-24-15-13-11-9-7-2/h8,10,14-16,18-19,21-22,24,28,30,32-33,44-46H,6-7,9,11-13,17,20,23,25-27,29,31,34-43H2,1-5H3/p+1/b10-8-,16-14-,19-18-,22-21-,24-15-,32-28-,33-30-/t44-,45?,46?/m1/s1. The number of allylic oxidation sites excluding steroid dienone is 12. The molecule has 59 heavy (non-hydrogen) atoms. The molecule has 10 nitrogen and oxygen atoms in total. The van der Waals surface area contributed by atoms with Crippen LogP contribution in [0.5, 0.6) is 0 Å². The number of hydrogen-bond acceptors (Lipinski definition) is 8. The predicted octanol–water partition coefficient (Wildman–Crippen LogP) is 11.8. The Morgan fingerprint density at radius 3 is 1.75 bits per heavy atom. The van der Waals surface area contributed by atoms with Crippen LogP contribution < -0.4 is 0 Å². The van der Waals surface area contributed by atoms with E-state index in [1.165, 1.54) is 19.3 Å². The fourth-order valence-corrected chi connectivity index (χ4v) is 6.43. The second-order valence-corrected chi connectivity index (χ2v) is 17.5. The second kappa shape index (κ2) is 35.9. The van der Waals surface area contributed by atoms with E-state index in [0.717, 1.165) is 77.0 Å². The van der Waals surface area contributed by atoms with Gasteiger partial charge >= 0.3 is 19.8 Å². The van der Waals surface area contributed by atoms with E-state index in [2.05, 4.69) is 92.8 Å². The molecule has 0 bridgehead atoms. The quantitative estimate of drug-likeness (QED) is 0.0162. The van der Waals surface area contributed by atoms with E-state index in [9.17, 15) is 19.0 Å². The van der Waals surface area contributed by atoms with Gasteiger partial charge in [-0.25, -0.2) is 4.57 Å². The van der Waals surface area contributed by atoms with E-state index in [0.29, 0.717) is 30.3 Å². The van der Waals surface area contributed by atoms with Crippen molar-refractivity contribution in [1.29, 1.82) is 0 Å². The van der Waals surface area contributed by atoms with Crippen LogP contribution in [-0.4, -0.2) is 87.1 Å².